The van der Waals surface area contributed by atoms with Crippen molar-refractivity contribution in [3.05, 3.63) is 29.6 Å². The fraction of sp³-hybridized carbons (Fsp3) is 0.571. The fourth-order valence-electron chi connectivity index (χ4n) is 2.31. The van der Waals surface area contributed by atoms with Gasteiger partial charge in [0.15, 0.2) is 0 Å². The van der Waals surface area contributed by atoms with Crippen molar-refractivity contribution in [1.29, 1.82) is 0 Å². The van der Waals surface area contributed by atoms with Crippen molar-refractivity contribution in [2.45, 2.75) is 31.5 Å². The van der Waals surface area contributed by atoms with E-state index in [-0.39, 0.29) is 11.9 Å². The Morgan fingerprint density at radius 1 is 1.33 bits per heavy atom. The van der Waals surface area contributed by atoms with Crippen LogP contribution in [0.1, 0.15) is 30.9 Å². The van der Waals surface area contributed by atoms with Crippen LogP contribution in [0.25, 0.3) is 0 Å². The molecule has 1 saturated carbocycles. The molecule has 0 spiro atoms. The van der Waals surface area contributed by atoms with E-state index in [1.165, 1.54) is 18.6 Å². The summed E-state index contributed by atoms with van der Waals surface area (Å²) >= 11 is 0. The first-order valence-corrected chi connectivity index (χ1v) is 6.61. The third-order valence-electron chi connectivity index (χ3n) is 3.59. The molecule has 0 aromatic heterocycles. The highest BCUT2D eigenvalue weighted by Crippen LogP contribution is 2.33. The topological polar surface area (TPSA) is 30.5 Å². The molecule has 2 aliphatic rings. The maximum Gasteiger partial charge on any atom is 0.125 e. The number of rotatable bonds is 3. The van der Waals surface area contributed by atoms with Gasteiger partial charge in [-0.05, 0) is 37.5 Å². The van der Waals surface area contributed by atoms with Crippen LogP contribution in [0.5, 0.6) is 5.75 Å². The number of nitrogens with one attached hydrogen (secondary N) is 1. The number of hydrogen-bond donors (Lipinski definition) is 1. The molecule has 1 aliphatic carbocycles. The lowest BCUT2D eigenvalue weighted by Crippen LogP contribution is -2.34. The quantitative estimate of drug-likeness (QED) is 0.895. The predicted molar refractivity (Wildman–Crippen MR) is 66.2 cm³/mol. The van der Waals surface area contributed by atoms with Gasteiger partial charge in [-0.1, -0.05) is 0 Å². The van der Waals surface area contributed by atoms with Crippen LogP contribution < -0.4 is 10.1 Å². The zero-order valence-corrected chi connectivity index (χ0v) is 10.3. The van der Waals surface area contributed by atoms with Gasteiger partial charge in [0.25, 0.3) is 0 Å². The first-order valence-electron chi connectivity index (χ1n) is 6.61. The minimum absolute atomic E-state index is 0.107. The molecule has 2 fully saturated rings. The van der Waals surface area contributed by atoms with Crippen LogP contribution in [-0.2, 0) is 4.74 Å². The number of ether oxygens (including phenoxy) is 2. The lowest BCUT2D eigenvalue weighted by molar-refractivity contribution is 0.0232. The van der Waals surface area contributed by atoms with E-state index in [1.54, 1.807) is 6.07 Å². The van der Waals surface area contributed by atoms with E-state index in [0.29, 0.717) is 19.3 Å². The Balaban J connectivity index is 1.81. The molecule has 4 heteroatoms. The van der Waals surface area contributed by atoms with E-state index in [1.807, 2.05) is 0 Å². The van der Waals surface area contributed by atoms with E-state index in [9.17, 15) is 4.39 Å². The van der Waals surface area contributed by atoms with Crippen LogP contribution in [0.4, 0.5) is 4.39 Å². The highest BCUT2D eigenvalue weighted by molar-refractivity contribution is 5.36. The Bertz CT molecular complexity index is 414. The second-order valence-electron chi connectivity index (χ2n) is 4.92. The summed E-state index contributed by atoms with van der Waals surface area (Å²) in [6.45, 7) is 2.22. The van der Waals surface area contributed by atoms with Crippen LogP contribution >= 0.6 is 0 Å². The summed E-state index contributed by atoms with van der Waals surface area (Å²) in [6.07, 6.45) is 3.61. The molecule has 1 unspecified atom stereocenters. The number of morpholine rings is 1. The van der Waals surface area contributed by atoms with E-state index in [0.717, 1.165) is 30.7 Å². The maximum absolute atomic E-state index is 13.4. The molecular formula is C14H18FNO2. The fourth-order valence-corrected chi connectivity index (χ4v) is 2.31. The van der Waals surface area contributed by atoms with Crippen molar-refractivity contribution in [3.8, 4) is 5.75 Å². The molecule has 1 N–H and O–H groups in total. The molecule has 1 heterocycles. The first kappa shape index (κ1) is 11.9. The average Bonchev–Trinajstić information content (AvgIpc) is 2.36. The van der Waals surface area contributed by atoms with Gasteiger partial charge in [-0.25, -0.2) is 4.39 Å². The Kier molecular flexibility index (Phi) is 3.48. The van der Waals surface area contributed by atoms with Gasteiger partial charge < -0.3 is 14.8 Å². The minimum Gasteiger partial charge on any atom is -0.490 e. The molecule has 98 valence electrons. The van der Waals surface area contributed by atoms with Gasteiger partial charge >= 0.3 is 0 Å². The second kappa shape index (κ2) is 5.24. The number of halogens is 1. The highest BCUT2D eigenvalue weighted by atomic mass is 19.1. The maximum atomic E-state index is 13.4. The van der Waals surface area contributed by atoms with Crippen molar-refractivity contribution in [3.63, 3.8) is 0 Å². The van der Waals surface area contributed by atoms with Crippen LogP contribution in [0.15, 0.2) is 18.2 Å². The second-order valence-corrected chi connectivity index (χ2v) is 4.92. The largest absolute Gasteiger partial charge is 0.490 e. The summed E-state index contributed by atoms with van der Waals surface area (Å²) in [6, 6.07) is 4.71. The zero-order chi connectivity index (χ0) is 12.4. The predicted octanol–water partition coefficient (Wildman–Crippen LogP) is 2.42. The normalized spacial score (nSPS) is 24.6. The number of hydrogen-bond acceptors (Lipinski definition) is 3. The summed E-state index contributed by atoms with van der Waals surface area (Å²) < 4.78 is 25.0. The van der Waals surface area contributed by atoms with Gasteiger partial charge in [0.1, 0.15) is 11.6 Å². The lowest BCUT2D eigenvalue weighted by Gasteiger charge is -2.30. The Morgan fingerprint density at radius 2 is 2.22 bits per heavy atom. The van der Waals surface area contributed by atoms with Crippen LogP contribution in [0, 0.1) is 5.82 Å². The van der Waals surface area contributed by atoms with Crippen molar-refractivity contribution in [2.24, 2.45) is 0 Å². The van der Waals surface area contributed by atoms with Crippen molar-refractivity contribution < 1.29 is 13.9 Å². The molecule has 1 aliphatic heterocycles. The molecule has 1 saturated heterocycles. The lowest BCUT2D eigenvalue weighted by atomic mass is 9.96. The molecule has 1 aromatic rings. The molecular weight excluding hydrogens is 233 g/mol. The summed E-state index contributed by atoms with van der Waals surface area (Å²) in [5, 5.41) is 3.26. The minimum atomic E-state index is -0.236. The van der Waals surface area contributed by atoms with Crippen molar-refractivity contribution >= 4 is 0 Å². The van der Waals surface area contributed by atoms with Gasteiger partial charge in [-0.2, -0.15) is 0 Å². The summed E-state index contributed by atoms with van der Waals surface area (Å²) in [5.41, 5.74) is 0.828. The number of benzene rings is 1. The Labute approximate surface area is 106 Å². The van der Waals surface area contributed by atoms with Gasteiger partial charge in [0, 0.05) is 18.7 Å². The van der Waals surface area contributed by atoms with E-state index in [4.69, 9.17) is 9.47 Å². The molecule has 0 amide bonds. The van der Waals surface area contributed by atoms with Gasteiger partial charge in [-0.15, -0.1) is 0 Å². The van der Waals surface area contributed by atoms with E-state index in [2.05, 4.69) is 5.32 Å². The van der Waals surface area contributed by atoms with Crippen LogP contribution in [-0.4, -0.2) is 25.8 Å². The summed E-state index contributed by atoms with van der Waals surface area (Å²) in [5.74, 6) is 0.537. The van der Waals surface area contributed by atoms with Gasteiger partial charge in [0.05, 0.1) is 18.8 Å². The molecule has 3 rings (SSSR count). The molecule has 0 bridgehead atoms. The van der Waals surface area contributed by atoms with Gasteiger partial charge in [0.2, 0.25) is 0 Å². The molecule has 18 heavy (non-hydrogen) atoms. The van der Waals surface area contributed by atoms with Crippen molar-refractivity contribution in [2.75, 3.05) is 19.7 Å². The van der Waals surface area contributed by atoms with E-state index >= 15 is 0 Å². The summed E-state index contributed by atoms with van der Waals surface area (Å²) in [4.78, 5) is 0. The average molecular weight is 251 g/mol. The monoisotopic (exact) mass is 251 g/mol. The summed E-state index contributed by atoms with van der Waals surface area (Å²) in [7, 11) is 0. The Hall–Kier alpha value is -1.13. The molecule has 1 aromatic carbocycles. The zero-order valence-electron chi connectivity index (χ0n) is 10.3. The molecule has 0 radical (unpaired) electrons. The highest BCUT2D eigenvalue weighted by Gasteiger charge is 2.24. The van der Waals surface area contributed by atoms with Gasteiger partial charge in [-0.3, -0.25) is 0 Å². The smallest absolute Gasteiger partial charge is 0.125 e. The van der Waals surface area contributed by atoms with Crippen LogP contribution in [0.3, 0.4) is 0 Å². The third-order valence-corrected chi connectivity index (χ3v) is 3.59. The van der Waals surface area contributed by atoms with Crippen LogP contribution in [0.2, 0.25) is 0 Å². The van der Waals surface area contributed by atoms with Crippen molar-refractivity contribution in [1.82, 2.24) is 5.32 Å². The third kappa shape index (κ3) is 2.49. The SMILES string of the molecule is Fc1ccc(OC2CCC2)c(C2CNCCO2)c1. The van der Waals surface area contributed by atoms with E-state index < -0.39 is 0 Å². The Morgan fingerprint density at radius 3 is 2.89 bits per heavy atom. The molecule has 3 nitrogen and oxygen atoms in total. The standard InChI is InChI=1S/C14H18FNO2/c15-10-4-5-13(18-11-2-1-3-11)12(8-10)14-9-16-6-7-17-14/h4-5,8,11,14,16H,1-3,6-7,9H2. The molecule has 1 atom stereocenters. The first-order chi connectivity index (χ1) is 8.83.